The Morgan fingerprint density at radius 2 is 1.82 bits per heavy atom. The van der Waals surface area contributed by atoms with Crippen LogP contribution in [0.2, 0.25) is 0 Å². The van der Waals surface area contributed by atoms with Crippen molar-refractivity contribution in [3.05, 3.63) is 11.7 Å². The molecule has 1 saturated heterocycles. The number of aromatic nitrogens is 2. The van der Waals surface area contributed by atoms with Crippen molar-refractivity contribution in [2.75, 3.05) is 19.3 Å². The molecule has 1 aliphatic carbocycles. The molecule has 2 aliphatic rings. The van der Waals surface area contributed by atoms with E-state index in [1.165, 1.54) is 49.1 Å². The second-order valence-corrected chi connectivity index (χ2v) is 12.8. The molecule has 0 radical (unpaired) electrons. The fraction of sp³-hybridized carbons (Fsp3) is 0.875. The van der Waals surface area contributed by atoms with Crippen LogP contribution < -0.4 is 0 Å². The molecule has 0 N–H and O–H groups in total. The van der Waals surface area contributed by atoms with Crippen LogP contribution in [0.5, 0.6) is 0 Å². The van der Waals surface area contributed by atoms with Crippen molar-refractivity contribution in [3.8, 4) is 0 Å². The molecule has 1 aliphatic heterocycles. The first kappa shape index (κ1) is 26.1. The Morgan fingerprint density at radius 3 is 2.42 bits per heavy atom. The van der Waals surface area contributed by atoms with Crippen LogP contribution >= 0.6 is 0 Å². The quantitative estimate of drug-likeness (QED) is 0.466. The van der Waals surface area contributed by atoms with Gasteiger partial charge in [0.05, 0.1) is 12.7 Å². The molecule has 0 bridgehead atoms. The number of carbonyl (C=O) groups excluding carboxylic acids is 1. The molecule has 188 valence electrons. The van der Waals surface area contributed by atoms with Gasteiger partial charge in [-0.2, -0.15) is 4.98 Å². The molecule has 0 amide bonds. The van der Waals surface area contributed by atoms with E-state index in [2.05, 4.69) is 10.1 Å². The van der Waals surface area contributed by atoms with E-state index in [0.717, 1.165) is 18.8 Å². The van der Waals surface area contributed by atoms with E-state index in [1.807, 2.05) is 20.8 Å². The van der Waals surface area contributed by atoms with Crippen molar-refractivity contribution >= 4 is 16.0 Å². The third-order valence-corrected chi connectivity index (χ3v) is 8.12. The van der Waals surface area contributed by atoms with Gasteiger partial charge in [-0.05, 0) is 46.0 Å². The molecule has 1 saturated carbocycles. The Labute approximate surface area is 198 Å². The van der Waals surface area contributed by atoms with E-state index in [4.69, 9.17) is 9.26 Å². The SMILES string of the molecule is CC(C)(C)OC(=O)CC(CCCC1CCCCC1)c1nc(C2CCN(S(C)(=O)=O)CC2)no1. The van der Waals surface area contributed by atoms with Crippen LogP contribution in [-0.4, -0.2) is 53.8 Å². The van der Waals surface area contributed by atoms with Crippen molar-refractivity contribution in [2.24, 2.45) is 5.92 Å². The van der Waals surface area contributed by atoms with Gasteiger partial charge in [-0.15, -0.1) is 0 Å². The summed E-state index contributed by atoms with van der Waals surface area (Å²) in [5, 5.41) is 4.22. The third-order valence-electron chi connectivity index (χ3n) is 6.82. The molecule has 1 aromatic rings. The molecule has 1 aromatic heterocycles. The van der Waals surface area contributed by atoms with Crippen LogP contribution in [0.3, 0.4) is 0 Å². The lowest BCUT2D eigenvalue weighted by atomic mass is 9.84. The minimum atomic E-state index is -3.17. The molecule has 3 rings (SSSR count). The molecule has 9 heteroatoms. The Balaban J connectivity index is 1.62. The first-order valence-corrected chi connectivity index (χ1v) is 14.4. The summed E-state index contributed by atoms with van der Waals surface area (Å²) in [5.74, 6) is 1.60. The number of rotatable bonds is 9. The monoisotopic (exact) mass is 483 g/mol. The smallest absolute Gasteiger partial charge is 0.307 e. The fourth-order valence-corrected chi connectivity index (χ4v) is 5.92. The molecular weight excluding hydrogens is 442 g/mol. The summed E-state index contributed by atoms with van der Waals surface area (Å²) in [6.07, 6.45) is 12.5. The molecule has 33 heavy (non-hydrogen) atoms. The van der Waals surface area contributed by atoms with Crippen LogP contribution in [0.4, 0.5) is 0 Å². The van der Waals surface area contributed by atoms with Gasteiger partial charge in [0.25, 0.3) is 0 Å². The minimum absolute atomic E-state index is 0.0740. The summed E-state index contributed by atoms with van der Waals surface area (Å²) in [4.78, 5) is 17.3. The highest BCUT2D eigenvalue weighted by Gasteiger charge is 2.31. The summed E-state index contributed by atoms with van der Waals surface area (Å²) in [7, 11) is -3.17. The molecule has 1 unspecified atom stereocenters. The highest BCUT2D eigenvalue weighted by Crippen LogP contribution is 2.33. The molecular formula is C24H41N3O5S. The summed E-state index contributed by atoms with van der Waals surface area (Å²) in [5.41, 5.74) is -0.530. The number of ether oxygens (including phenoxy) is 1. The zero-order valence-corrected chi connectivity index (χ0v) is 21.5. The van der Waals surface area contributed by atoms with Crippen molar-refractivity contribution < 1.29 is 22.5 Å². The molecule has 0 aromatic carbocycles. The number of hydrogen-bond acceptors (Lipinski definition) is 7. The standard InChI is InChI=1S/C24H41N3O5S/c1-24(2,3)31-21(28)17-20(12-8-11-18-9-6-5-7-10-18)23-25-22(26-32-23)19-13-15-27(16-14-19)33(4,29)30/h18-20H,5-17H2,1-4H3. The number of esters is 1. The minimum Gasteiger partial charge on any atom is -0.460 e. The normalized spacial score (nSPS) is 20.6. The zero-order chi connectivity index (χ0) is 24.1. The Bertz CT molecular complexity index is 863. The van der Waals surface area contributed by atoms with E-state index in [1.54, 1.807) is 0 Å². The Hall–Kier alpha value is -1.48. The third kappa shape index (κ3) is 8.35. The van der Waals surface area contributed by atoms with Gasteiger partial charge in [0.1, 0.15) is 5.60 Å². The second-order valence-electron chi connectivity index (χ2n) is 10.8. The van der Waals surface area contributed by atoms with E-state index < -0.39 is 15.6 Å². The number of piperidine rings is 1. The topological polar surface area (TPSA) is 103 Å². The molecule has 0 spiro atoms. The Morgan fingerprint density at radius 1 is 1.15 bits per heavy atom. The van der Waals surface area contributed by atoms with Gasteiger partial charge < -0.3 is 9.26 Å². The lowest BCUT2D eigenvalue weighted by Crippen LogP contribution is -2.37. The van der Waals surface area contributed by atoms with E-state index in [9.17, 15) is 13.2 Å². The van der Waals surface area contributed by atoms with E-state index in [-0.39, 0.29) is 24.2 Å². The van der Waals surface area contributed by atoms with Gasteiger partial charge in [0.2, 0.25) is 15.9 Å². The first-order valence-electron chi connectivity index (χ1n) is 12.5. The van der Waals surface area contributed by atoms with Crippen LogP contribution in [0, 0.1) is 5.92 Å². The molecule has 8 nitrogen and oxygen atoms in total. The number of sulfonamides is 1. The lowest BCUT2D eigenvalue weighted by molar-refractivity contribution is -0.155. The largest absolute Gasteiger partial charge is 0.460 e. The molecule has 2 fully saturated rings. The summed E-state index contributed by atoms with van der Waals surface area (Å²) < 4.78 is 36.3. The van der Waals surface area contributed by atoms with Crippen LogP contribution in [0.1, 0.15) is 115 Å². The average molecular weight is 484 g/mol. The van der Waals surface area contributed by atoms with Gasteiger partial charge in [0.15, 0.2) is 5.82 Å². The highest BCUT2D eigenvalue weighted by atomic mass is 32.2. The van der Waals surface area contributed by atoms with Crippen molar-refractivity contribution in [2.45, 2.75) is 109 Å². The maximum atomic E-state index is 12.6. The maximum absolute atomic E-state index is 12.6. The number of hydrogen-bond donors (Lipinski definition) is 0. The highest BCUT2D eigenvalue weighted by molar-refractivity contribution is 7.88. The second kappa shape index (κ2) is 11.3. The first-order chi connectivity index (χ1) is 15.5. The molecule has 1 atom stereocenters. The molecule has 2 heterocycles. The van der Waals surface area contributed by atoms with Gasteiger partial charge in [0, 0.05) is 24.9 Å². The summed E-state index contributed by atoms with van der Waals surface area (Å²) in [6, 6.07) is 0. The zero-order valence-electron chi connectivity index (χ0n) is 20.7. The van der Waals surface area contributed by atoms with Crippen LogP contribution in [0.15, 0.2) is 4.52 Å². The Kier molecular flexibility index (Phi) is 8.95. The number of nitrogens with zero attached hydrogens (tertiary/aromatic N) is 3. The van der Waals surface area contributed by atoms with Crippen LogP contribution in [0.25, 0.3) is 0 Å². The van der Waals surface area contributed by atoms with Crippen LogP contribution in [-0.2, 0) is 19.6 Å². The van der Waals surface area contributed by atoms with E-state index >= 15 is 0 Å². The maximum Gasteiger partial charge on any atom is 0.307 e. The number of carbonyl (C=O) groups is 1. The van der Waals surface area contributed by atoms with Gasteiger partial charge >= 0.3 is 5.97 Å². The lowest BCUT2D eigenvalue weighted by Gasteiger charge is -2.28. The van der Waals surface area contributed by atoms with Gasteiger partial charge in [-0.3, -0.25) is 4.79 Å². The summed E-state index contributed by atoms with van der Waals surface area (Å²) in [6.45, 7) is 6.55. The van der Waals surface area contributed by atoms with Gasteiger partial charge in [-0.1, -0.05) is 50.1 Å². The fourth-order valence-electron chi connectivity index (χ4n) is 5.05. The van der Waals surface area contributed by atoms with Crippen molar-refractivity contribution in [3.63, 3.8) is 0 Å². The van der Waals surface area contributed by atoms with Crippen molar-refractivity contribution in [1.29, 1.82) is 0 Å². The predicted octanol–water partition coefficient (Wildman–Crippen LogP) is 4.77. The average Bonchev–Trinajstić information content (AvgIpc) is 3.22. The van der Waals surface area contributed by atoms with E-state index in [0.29, 0.717) is 37.6 Å². The van der Waals surface area contributed by atoms with Gasteiger partial charge in [-0.25, -0.2) is 12.7 Å². The van der Waals surface area contributed by atoms with Crippen molar-refractivity contribution in [1.82, 2.24) is 14.4 Å². The summed E-state index contributed by atoms with van der Waals surface area (Å²) >= 11 is 0. The predicted molar refractivity (Wildman–Crippen MR) is 126 cm³/mol.